The third-order valence-corrected chi connectivity index (χ3v) is 4.83. The number of carbonyl (C=O) groups excluding carboxylic acids is 2. The van der Waals surface area contributed by atoms with Crippen molar-refractivity contribution < 1.29 is 9.59 Å². The maximum atomic E-state index is 11.8. The van der Waals surface area contributed by atoms with Gasteiger partial charge in [0, 0.05) is 17.6 Å². The number of rotatable bonds is 3. The molecule has 5 heteroatoms. The molecule has 0 radical (unpaired) electrons. The molecule has 0 spiro atoms. The molecule has 2 amide bonds. The van der Waals surface area contributed by atoms with E-state index in [1.165, 1.54) is 10.5 Å². The van der Waals surface area contributed by atoms with Gasteiger partial charge in [-0.15, -0.1) is 0 Å². The fourth-order valence-corrected chi connectivity index (χ4v) is 3.20. The molecule has 1 saturated carbocycles. The Morgan fingerprint density at radius 2 is 1.85 bits per heavy atom. The van der Waals surface area contributed by atoms with Crippen molar-refractivity contribution >= 4 is 27.7 Å². The summed E-state index contributed by atoms with van der Waals surface area (Å²) in [5.41, 5.74) is 1.34. The minimum atomic E-state index is -0.316. The molecule has 1 heterocycles. The first-order chi connectivity index (χ1) is 9.54. The summed E-state index contributed by atoms with van der Waals surface area (Å²) in [7, 11) is 1.55. The Kier molecular flexibility index (Phi) is 3.65. The zero-order valence-electron chi connectivity index (χ0n) is 11.3. The van der Waals surface area contributed by atoms with Crippen LogP contribution in [0.3, 0.4) is 0 Å². The topological polar surface area (TPSA) is 49.4 Å². The molecule has 106 valence electrons. The average molecular weight is 337 g/mol. The van der Waals surface area contributed by atoms with E-state index in [2.05, 4.69) is 45.5 Å². The van der Waals surface area contributed by atoms with Gasteiger partial charge in [-0.2, -0.15) is 0 Å². The van der Waals surface area contributed by atoms with Crippen LogP contribution in [0.15, 0.2) is 28.7 Å². The number of hydrogen-bond donors (Lipinski definition) is 1. The number of likely N-dealkylation sites (N-methyl/N-ethyl adjacent to an activating group) is 1. The Hall–Kier alpha value is -1.20. The molecule has 0 aromatic heterocycles. The summed E-state index contributed by atoms with van der Waals surface area (Å²) in [4.78, 5) is 24.5. The summed E-state index contributed by atoms with van der Waals surface area (Å²) in [6, 6.07) is 8.43. The second-order valence-corrected chi connectivity index (χ2v) is 6.55. The third-order valence-electron chi connectivity index (χ3n) is 4.30. The number of benzene rings is 1. The molecule has 1 aromatic carbocycles. The van der Waals surface area contributed by atoms with E-state index >= 15 is 0 Å². The van der Waals surface area contributed by atoms with E-state index in [0.717, 1.165) is 17.3 Å². The van der Waals surface area contributed by atoms with E-state index in [-0.39, 0.29) is 17.9 Å². The summed E-state index contributed by atoms with van der Waals surface area (Å²) in [5.74, 6) is 0.379. The van der Waals surface area contributed by atoms with E-state index in [4.69, 9.17) is 0 Å². The van der Waals surface area contributed by atoms with Crippen LogP contribution in [0.25, 0.3) is 0 Å². The zero-order valence-corrected chi connectivity index (χ0v) is 12.9. The Morgan fingerprint density at radius 1 is 1.20 bits per heavy atom. The zero-order chi connectivity index (χ0) is 14.3. The van der Waals surface area contributed by atoms with Gasteiger partial charge in [0.15, 0.2) is 0 Å². The summed E-state index contributed by atoms with van der Waals surface area (Å²) < 4.78 is 1.09. The maximum Gasteiger partial charge on any atom is 0.246 e. The van der Waals surface area contributed by atoms with Crippen molar-refractivity contribution in [2.45, 2.75) is 37.3 Å². The predicted octanol–water partition coefficient (Wildman–Crippen LogP) is 2.04. The molecule has 1 unspecified atom stereocenters. The molecule has 1 aromatic rings. The van der Waals surface area contributed by atoms with Crippen LogP contribution < -0.4 is 5.32 Å². The Bertz CT molecular complexity index is 537. The number of carbonyl (C=O) groups is 2. The van der Waals surface area contributed by atoms with Gasteiger partial charge in [-0.25, -0.2) is 0 Å². The average Bonchev–Trinajstić information content (AvgIpc) is 2.62. The second-order valence-electron chi connectivity index (χ2n) is 5.63. The van der Waals surface area contributed by atoms with Gasteiger partial charge in [0.1, 0.15) is 0 Å². The van der Waals surface area contributed by atoms with Crippen LogP contribution >= 0.6 is 15.9 Å². The number of halogens is 1. The molecule has 2 aliphatic rings. The third kappa shape index (κ3) is 2.52. The SMILES string of the molecule is CN1C(=O)CC(NC2CC(c3ccc(Br)cc3)C2)C1=O. The molecule has 0 bridgehead atoms. The standard InChI is InChI=1S/C15H17BrN2O2/c1-18-14(19)8-13(15(18)20)17-12-6-10(7-12)9-2-4-11(16)5-3-9/h2-5,10,12-13,17H,6-8H2,1H3. The van der Waals surface area contributed by atoms with Gasteiger partial charge in [-0.3, -0.25) is 14.5 Å². The van der Waals surface area contributed by atoms with Crippen molar-refractivity contribution in [1.29, 1.82) is 0 Å². The summed E-state index contributed by atoms with van der Waals surface area (Å²) in [5, 5.41) is 3.32. The minimum Gasteiger partial charge on any atom is -0.303 e. The highest BCUT2D eigenvalue weighted by Crippen LogP contribution is 2.37. The molecule has 1 saturated heterocycles. The lowest BCUT2D eigenvalue weighted by molar-refractivity contribution is -0.137. The van der Waals surface area contributed by atoms with E-state index < -0.39 is 0 Å². The van der Waals surface area contributed by atoms with E-state index in [0.29, 0.717) is 18.4 Å². The second kappa shape index (κ2) is 5.30. The van der Waals surface area contributed by atoms with E-state index in [9.17, 15) is 9.59 Å². The number of imide groups is 1. The van der Waals surface area contributed by atoms with Gasteiger partial charge in [-0.1, -0.05) is 28.1 Å². The molecule has 20 heavy (non-hydrogen) atoms. The van der Waals surface area contributed by atoms with Crippen molar-refractivity contribution in [3.63, 3.8) is 0 Å². The van der Waals surface area contributed by atoms with Crippen LogP contribution in [0.4, 0.5) is 0 Å². The highest BCUT2D eigenvalue weighted by atomic mass is 79.9. The largest absolute Gasteiger partial charge is 0.303 e. The maximum absolute atomic E-state index is 11.8. The first-order valence-electron chi connectivity index (χ1n) is 6.86. The van der Waals surface area contributed by atoms with Crippen LogP contribution in [-0.2, 0) is 9.59 Å². The highest BCUT2D eigenvalue weighted by Gasteiger charge is 2.40. The van der Waals surface area contributed by atoms with Gasteiger partial charge in [0.25, 0.3) is 0 Å². The lowest BCUT2D eigenvalue weighted by Gasteiger charge is -2.37. The van der Waals surface area contributed by atoms with Crippen molar-refractivity contribution in [3.05, 3.63) is 34.3 Å². The first-order valence-corrected chi connectivity index (χ1v) is 7.66. The van der Waals surface area contributed by atoms with Crippen molar-refractivity contribution in [2.75, 3.05) is 7.05 Å². The normalized spacial score (nSPS) is 29.7. The Balaban J connectivity index is 1.53. The van der Waals surface area contributed by atoms with Crippen LogP contribution in [0.1, 0.15) is 30.7 Å². The van der Waals surface area contributed by atoms with Gasteiger partial charge < -0.3 is 5.32 Å². The number of nitrogens with one attached hydrogen (secondary N) is 1. The summed E-state index contributed by atoms with van der Waals surface area (Å²) >= 11 is 3.44. The fourth-order valence-electron chi connectivity index (χ4n) is 2.93. The monoisotopic (exact) mass is 336 g/mol. The molecular formula is C15H17BrN2O2. The molecule has 2 fully saturated rings. The van der Waals surface area contributed by atoms with Crippen LogP contribution in [0, 0.1) is 0 Å². The van der Waals surface area contributed by atoms with Crippen molar-refractivity contribution in [3.8, 4) is 0 Å². The summed E-state index contributed by atoms with van der Waals surface area (Å²) in [6.07, 6.45) is 2.36. The molecular weight excluding hydrogens is 320 g/mol. The van der Waals surface area contributed by atoms with Gasteiger partial charge >= 0.3 is 0 Å². The number of nitrogens with zero attached hydrogens (tertiary/aromatic N) is 1. The quantitative estimate of drug-likeness (QED) is 0.859. The van der Waals surface area contributed by atoms with Crippen molar-refractivity contribution in [2.24, 2.45) is 0 Å². The predicted molar refractivity (Wildman–Crippen MR) is 79.2 cm³/mol. The summed E-state index contributed by atoms with van der Waals surface area (Å²) in [6.45, 7) is 0. The Morgan fingerprint density at radius 3 is 2.40 bits per heavy atom. The molecule has 1 N–H and O–H groups in total. The van der Waals surface area contributed by atoms with Gasteiger partial charge in [-0.05, 0) is 36.5 Å². The molecule has 1 aliphatic carbocycles. The van der Waals surface area contributed by atoms with Gasteiger partial charge in [0.05, 0.1) is 12.5 Å². The van der Waals surface area contributed by atoms with Gasteiger partial charge in [0.2, 0.25) is 11.8 Å². The first kappa shape index (κ1) is 13.8. The van der Waals surface area contributed by atoms with Crippen LogP contribution in [0.5, 0.6) is 0 Å². The van der Waals surface area contributed by atoms with E-state index in [1.807, 2.05) is 0 Å². The number of likely N-dealkylation sites (tertiary alicyclic amines) is 1. The van der Waals surface area contributed by atoms with Crippen LogP contribution in [-0.4, -0.2) is 35.8 Å². The molecule has 3 rings (SSSR count). The molecule has 1 aliphatic heterocycles. The molecule has 1 atom stereocenters. The van der Waals surface area contributed by atoms with Crippen LogP contribution in [0.2, 0.25) is 0 Å². The molecule has 4 nitrogen and oxygen atoms in total. The highest BCUT2D eigenvalue weighted by molar-refractivity contribution is 9.10. The van der Waals surface area contributed by atoms with Crippen molar-refractivity contribution in [1.82, 2.24) is 10.2 Å². The minimum absolute atomic E-state index is 0.0868. The Labute approximate surface area is 126 Å². The lowest BCUT2D eigenvalue weighted by Crippen LogP contribution is -2.48. The fraction of sp³-hybridized carbons (Fsp3) is 0.467. The lowest BCUT2D eigenvalue weighted by atomic mass is 9.75. The smallest absolute Gasteiger partial charge is 0.246 e. The number of amides is 2. The number of hydrogen-bond acceptors (Lipinski definition) is 3. The van der Waals surface area contributed by atoms with E-state index in [1.54, 1.807) is 7.05 Å².